The van der Waals surface area contributed by atoms with E-state index in [9.17, 15) is 0 Å². The fraction of sp³-hybridized carbons (Fsp3) is 0.350. The second-order valence-corrected chi connectivity index (χ2v) is 7.48. The SMILES string of the molecule is CCNC(=NCc1ccccc1-n1ccc(C)n1)N(C)Cc1csc(C)n1.I. The minimum atomic E-state index is 0. The molecule has 8 heteroatoms. The lowest BCUT2D eigenvalue weighted by molar-refractivity contribution is 0.470. The Bertz CT molecular complexity index is 917. The number of aryl methyl sites for hydroxylation is 2. The molecule has 0 spiro atoms. The molecule has 0 amide bonds. The minimum absolute atomic E-state index is 0. The van der Waals surface area contributed by atoms with Gasteiger partial charge in [-0.15, -0.1) is 35.3 Å². The molecule has 2 aromatic heterocycles. The summed E-state index contributed by atoms with van der Waals surface area (Å²) in [6.45, 7) is 8.24. The van der Waals surface area contributed by atoms with Gasteiger partial charge in [-0.3, -0.25) is 0 Å². The van der Waals surface area contributed by atoms with E-state index in [-0.39, 0.29) is 24.0 Å². The van der Waals surface area contributed by atoms with Crippen molar-refractivity contribution in [2.75, 3.05) is 13.6 Å². The number of rotatable bonds is 6. The lowest BCUT2D eigenvalue weighted by Gasteiger charge is -2.21. The van der Waals surface area contributed by atoms with Gasteiger partial charge in [0.1, 0.15) is 0 Å². The molecule has 0 aliphatic heterocycles. The van der Waals surface area contributed by atoms with Gasteiger partial charge >= 0.3 is 0 Å². The molecule has 6 nitrogen and oxygen atoms in total. The highest BCUT2D eigenvalue weighted by Crippen LogP contribution is 2.16. The molecule has 0 aliphatic carbocycles. The quantitative estimate of drug-likeness (QED) is 0.308. The van der Waals surface area contributed by atoms with Crippen molar-refractivity contribution in [2.45, 2.75) is 33.9 Å². The van der Waals surface area contributed by atoms with Gasteiger partial charge < -0.3 is 10.2 Å². The van der Waals surface area contributed by atoms with Crippen molar-refractivity contribution in [1.29, 1.82) is 0 Å². The van der Waals surface area contributed by atoms with Crippen LogP contribution in [0, 0.1) is 13.8 Å². The van der Waals surface area contributed by atoms with E-state index in [4.69, 9.17) is 4.99 Å². The number of hydrogen-bond acceptors (Lipinski definition) is 4. The van der Waals surface area contributed by atoms with E-state index in [2.05, 4.69) is 44.7 Å². The number of para-hydroxylation sites is 1. The van der Waals surface area contributed by atoms with Crippen molar-refractivity contribution in [1.82, 2.24) is 25.0 Å². The molecule has 2 heterocycles. The number of thiazole rings is 1. The van der Waals surface area contributed by atoms with E-state index in [1.54, 1.807) is 11.3 Å². The maximum absolute atomic E-state index is 4.85. The predicted octanol–water partition coefficient (Wildman–Crippen LogP) is 4.16. The van der Waals surface area contributed by atoms with Gasteiger partial charge in [0.05, 0.1) is 35.2 Å². The van der Waals surface area contributed by atoms with Gasteiger partial charge in [0.15, 0.2) is 5.96 Å². The standard InChI is InChI=1S/C20H26N6S.HI/c1-5-21-20(25(4)13-18-14-27-16(3)23-18)22-12-17-8-6-7-9-19(17)26-11-10-15(2)24-26;/h6-11,14H,5,12-13H2,1-4H3,(H,21,22);1H. The summed E-state index contributed by atoms with van der Waals surface area (Å²) in [5.41, 5.74) is 4.26. The molecule has 150 valence electrons. The van der Waals surface area contributed by atoms with Crippen molar-refractivity contribution >= 4 is 41.3 Å². The highest BCUT2D eigenvalue weighted by Gasteiger charge is 2.10. The Labute approximate surface area is 187 Å². The number of nitrogens with one attached hydrogen (secondary N) is 1. The third kappa shape index (κ3) is 5.78. The van der Waals surface area contributed by atoms with Crippen molar-refractivity contribution in [3.05, 3.63) is 63.9 Å². The first-order chi connectivity index (χ1) is 13.1. The number of aromatic nitrogens is 3. The zero-order valence-corrected chi connectivity index (χ0v) is 19.9. The Morgan fingerprint density at radius 2 is 2.04 bits per heavy atom. The van der Waals surface area contributed by atoms with Crippen LogP contribution in [0.1, 0.15) is 28.9 Å². The van der Waals surface area contributed by atoms with Crippen LogP contribution in [-0.2, 0) is 13.1 Å². The largest absolute Gasteiger partial charge is 0.357 e. The third-order valence-electron chi connectivity index (χ3n) is 4.12. The summed E-state index contributed by atoms with van der Waals surface area (Å²) < 4.78 is 1.91. The van der Waals surface area contributed by atoms with Crippen LogP contribution in [0.5, 0.6) is 0 Å². The van der Waals surface area contributed by atoms with Gasteiger partial charge in [0, 0.05) is 25.2 Å². The topological polar surface area (TPSA) is 58.3 Å². The molecule has 0 aliphatic rings. The lowest BCUT2D eigenvalue weighted by atomic mass is 10.2. The first-order valence-corrected chi connectivity index (χ1v) is 9.95. The van der Waals surface area contributed by atoms with Gasteiger partial charge in [-0.25, -0.2) is 14.7 Å². The second-order valence-electron chi connectivity index (χ2n) is 6.41. The average molecular weight is 510 g/mol. The Kier molecular flexibility index (Phi) is 8.43. The fourth-order valence-electron chi connectivity index (χ4n) is 2.85. The van der Waals surface area contributed by atoms with Gasteiger partial charge in [-0.2, -0.15) is 5.10 Å². The van der Waals surface area contributed by atoms with Gasteiger partial charge in [0.2, 0.25) is 0 Å². The zero-order valence-electron chi connectivity index (χ0n) is 16.7. The number of hydrogen-bond donors (Lipinski definition) is 1. The van der Waals surface area contributed by atoms with Crippen LogP contribution >= 0.6 is 35.3 Å². The van der Waals surface area contributed by atoms with Gasteiger partial charge in [-0.05, 0) is 38.5 Å². The monoisotopic (exact) mass is 510 g/mol. The van der Waals surface area contributed by atoms with Crippen molar-refractivity contribution in [2.24, 2.45) is 4.99 Å². The van der Waals surface area contributed by atoms with Crippen LogP contribution in [0.3, 0.4) is 0 Å². The van der Waals surface area contributed by atoms with Crippen LogP contribution in [0.2, 0.25) is 0 Å². The van der Waals surface area contributed by atoms with E-state index >= 15 is 0 Å². The van der Waals surface area contributed by atoms with Gasteiger partial charge in [-0.1, -0.05) is 18.2 Å². The summed E-state index contributed by atoms with van der Waals surface area (Å²) in [4.78, 5) is 11.5. The maximum atomic E-state index is 4.85. The second kappa shape index (κ2) is 10.6. The Hall–Kier alpha value is -1.94. The molecule has 0 radical (unpaired) electrons. The molecule has 0 unspecified atom stereocenters. The summed E-state index contributed by atoms with van der Waals surface area (Å²) in [5, 5.41) is 11.1. The molecule has 28 heavy (non-hydrogen) atoms. The highest BCUT2D eigenvalue weighted by molar-refractivity contribution is 14.0. The minimum Gasteiger partial charge on any atom is -0.357 e. The van der Waals surface area contributed by atoms with Crippen LogP contribution in [0.25, 0.3) is 5.69 Å². The number of aliphatic imine (C=N–C) groups is 1. The number of halogens is 1. The summed E-state index contributed by atoms with van der Waals surface area (Å²) in [6.07, 6.45) is 1.99. The van der Waals surface area contributed by atoms with Gasteiger partial charge in [0.25, 0.3) is 0 Å². The van der Waals surface area contributed by atoms with E-state index in [1.165, 1.54) is 0 Å². The Balaban J connectivity index is 0.00000280. The van der Waals surface area contributed by atoms with Crippen LogP contribution in [-0.4, -0.2) is 39.2 Å². The van der Waals surface area contributed by atoms with Crippen molar-refractivity contribution < 1.29 is 0 Å². The van der Waals surface area contributed by atoms with E-state index in [0.717, 1.165) is 46.7 Å². The summed E-state index contributed by atoms with van der Waals surface area (Å²) in [7, 11) is 2.04. The lowest BCUT2D eigenvalue weighted by Crippen LogP contribution is -2.38. The van der Waals surface area contributed by atoms with Crippen LogP contribution in [0.15, 0.2) is 46.9 Å². The smallest absolute Gasteiger partial charge is 0.194 e. The normalized spacial score (nSPS) is 11.2. The maximum Gasteiger partial charge on any atom is 0.194 e. The summed E-state index contributed by atoms with van der Waals surface area (Å²) in [5.74, 6) is 0.870. The molecule has 3 aromatic rings. The number of nitrogens with zero attached hydrogens (tertiary/aromatic N) is 5. The number of guanidine groups is 1. The molecule has 0 saturated carbocycles. The molecule has 0 saturated heterocycles. The molecular weight excluding hydrogens is 483 g/mol. The fourth-order valence-corrected chi connectivity index (χ4v) is 3.45. The first kappa shape index (κ1) is 22.4. The molecule has 3 rings (SSSR count). The van der Waals surface area contributed by atoms with Crippen molar-refractivity contribution in [3.8, 4) is 5.69 Å². The predicted molar refractivity (Wildman–Crippen MR) is 127 cm³/mol. The van der Waals surface area contributed by atoms with E-state index < -0.39 is 0 Å². The molecule has 1 N–H and O–H groups in total. The number of benzene rings is 1. The molecule has 0 atom stereocenters. The molecule has 0 fully saturated rings. The van der Waals surface area contributed by atoms with Crippen molar-refractivity contribution in [3.63, 3.8) is 0 Å². The Morgan fingerprint density at radius 1 is 1.25 bits per heavy atom. The third-order valence-corrected chi connectivity index (χ3v) is 4.94. The van der Waals surface area contributed by atoms with E-state index in [1.807, 2.05) is 50.0 Å². The summed E-state index contributed by atoms with van der Waals surface area (Å²) in [6, 6.07) is 10.3. The van der Waals surface area contributed by atoms with Crippen LogP contribution < -0.4 is 5.32 Å². The molecule has 0 bridgehead atoms. The van der Waals surface area contributed by atoms with E-state index in [0.29, 0.717) is 6.54 Å². The average Bonchev–Trinajstić information content (AvgIpc) is 3.27. The molecular formula is C20H27IN6S. The first-order valence-electron chi connectivity index (χ1n) is 9.08. The Morgan fingerprint density at radius 3 is 2.68 bits per heavy atom. The zero-order chi connectivity index (χ0) is 19.2. The highest BCUT2D eigenvalue weighted by atomic mass is 127. The van der Waals surface area contributed by atoms with Crippen LogP contribution in [0.4, 0.5) is 0 Å². The molecule has 1 aromatic carbocycles. The summed E-state index contributed by atoms with van der Waals surface area (Å²) >= 11 is 1.68.